The highest BCUT2D eigenvalue weighted by molar-refractivity contribution is 5.78. The minimum atomic E-state index is -1.30. The van der Waals surface area contributed by atoms with Crippen molar-refractivity contribution in [3.8, 4) is 0 Å². The number of aromatic nitrogens is 2. The molecule has 0 fully saturated rings. The first kappa shape index (κ1) is 10.7. The molecule has 0 aliphatic carbocycles. The van der Waals surface area contributed by atoms with Crippen molar-refractivity contribution in [2.24, 2.45) is 7.05 Å². The van der Waals surface area contributed by atoms with E-state index in [0.29, 0.717) is 12.2 Å². The van der Waals surface area contributed by atoms with E-state index < -0.39 is 11.6 Å². The molecule has 0 saturated carbocycles. The summed E-state index contributed by atoms with van der Waals surface area (Å²) in [5, 5.41) is 13.0. The van der Waals surface area contributed by atoms with E-state index in [9.17, 15) is 4.79 Å². The van der Waals surface area contributed by atoms with Gasteiger partial charge < -0.3 is 9.84 Å². The zero-order valence-electron chi connectivity index (χ0n) is 8.52. The van der Waals surface area contributed by atoms with Gasteiger partial charge in [0.05, 0.1) is 6.20 Å². The predicted octanol–water partition coefficient (Wildman–Crippen LogP) is 0.756. The maximum atomic E-state index is 11.1. The van der Waals surface area contributed by atoms with Crippen LogP contribution < -0.4 is 0 Å². The van der Waals surface area contributed by atoms with Crippen molar-refractivity contribution in [3.05, 3.63) is 18.0 Å². The third-order valence-electron chi connectivity index (χ3n) is 2.10. The summed E-state index contributed by atoms with van der Waals surface area (Å²) in [6, 6.07) is 0. The maximum absolute atomic E-state index is 11.1. The van der Waals surface area contributed by atoms with E-state index in [1.54, 1.807) is 24.9 Å². The Morgan fingerprint density at radius 1 is 1.79 bits per heavy atom. The second-order valence-corrected chi connectivity index (χ2v) is 3.17. The monoisotopic (exact) mass is 198 g/mol. The Bertz CT molecular complexity index is 335. The van der Waals surface area contributed by atoms with Gasteiger partial charge in [-0.15, -0.1) is 0 Å². The van der Waals surface area contributed by atoms with Gasteiger partial charge in [0.1, 0.15) is 0 Å². The average Bonchev–Trinajstić information content (AvgIpc) is 2.52. The molecule has 1 aromatic rings. The van der Waals surface area contributed by atoms with E-state index in [-0.39, 0.29) is 0 Å². The van der Waals surface area contributed by atoms with E-state index in [0.717, 1.165) is 0 Å². The van der Waals surface area contributed by atoms with Gasteiger partial charge in [0.2, 0.25) is 0 Å². The molecule has 5 nitrogen and oxygen atoms in total. The Balaban J connectivity index is 3.05. The summed E-state index contributed by atoms with van der Waals surface area (Å²) >= 11 is 0. The lowest BCUT2D eigenvalue weighted by Crippen LogP contribution is -2.35. The molecule has 0 aliphatic rings. The summed E-state index contributed by atoms with van der Waals surface area (Å²) in [6.07, 6.45) is 3.15. The number of carboxylic acid groups (broad SMARTS) is 1. The number of ether oxygens (including phenoxy) is 1. The largest absolute Gasteiger partial charge is 0.479 e. The van der Waals surface area contributed by atoms with Crippen LogP contribution in [0, 0.1) is 0 Å². The molecule has 0 bridgehead atoms. The van der Waals surface area contributed by atoms with Gasteiger partial charge in [0.15, 0.2) is 5.60 Å². The Morgan fingerprint density at radius 2 is 2.43 bits per heavy atom. The van der Waals surface area contributed by atoms with Crippen LogP contribution in [0.2, 0.25) is 0 Å². The second-order valence-electron chi connectivity index (χ2n) is 3.17. The van der Waals surface area contributed by atoms with Crippen LogP contribution in [0.15, 0.2) is 12.4 Å². The lowest BCUT2D eigenvalue weighted by atomic mass is 10.00. The van der Waals surface area contributed by atoms with Crippen molar-refractivity contribution >= 4 is 5.97 Å². The number of aryl methyl sites for hydroxylation is 1. The average molecular weight is 198 g/mol. The molecule has 1 unspecified atom stereocenters. The molecule has 0 aromatic carbocycles. The molecule has 0 spiro atoms. The molecular formula is C9H14N2O3. The van der Waals surface area contributed by atoms with E-state index in [1.807, 2.05) is 0 Å². The number of nitrogens with zero attached hydrogens (tertiary/aromatic N) is 2. The molecule has 14 heavy (non-hydrogen) atoms. The minimum absolute atomic E-state index is 0.345. The summed E-state index contributed by atoms with van der Waals surface area (Å²) in [7, 11) is 1.73. The zero-order chi connectivity index (χ0) is 10.8. The Labute approximate surface area is 82.3 Å². The van der Waals surface area contributed by atoms with E-state index in [1.165, 1.54) is 13.1 Å². The number of carbonyl (C=O) groups is 1. The highest BCUT2D eigenvalue weighted by Crippen LogP contribution is 2.24. The van der Waals surface area contributed by atoms with Gasteiger partial charge in [-0.3, -0.25) is 4.68 Å². The van der Waals surface area contributed by atoms with Crippen LogP contribution in [0.5, 0.6) is 0 Å². The van der Waals surface area contributed by atoms with Gasteiger partial charge in [-0.2, -0.15) is 5.10 Å². The Kier molecular flexibility index (Phi) is 2.90. The predicted molar refractivity (Wildman–Crippen MR) is 49.8 cm³/mol. The normalized spacial score (nSPS) is 15.1. The van der Waals surface area contributed by atoms with Gasteiger partial charge in [-0.1, -0.05) is 0 Å². The minimum Gasteiger partial charge on any atom is -0.479 e. The van der Waals surface area contributed by atoms with Crippen molar-refractivity contribution in [2.75, 3.05) is 6.61 Å². The number of rotatable bonds is 4. The van der Waals surface area contributed by atoms with Crippen LogP contribution in [0.4, 0.5) is 0 Å². The summed E-state index contributed by atoms with van der Waals surface area (Å²) in [4.78, 5) is 11.1. The fourth-order valence-electron chi connectivity index (χ4n) is 1.22. The van der Waals surface area contributed by atoms with Crippen LogP contribution >= 0.6 is 0 Å². The molecule has 1 aromatic heterocycles. The lowest BCUT2D eigenvalue weighted by molar-refractivity contribution is -0.164. The van der Waals surface area contributed by atoms with Crippen molar-refractivity contribution in [1.29, 1.82) is 0 Å². The SMILES string of the molecule is CCOC(C)(C(=O)O)c1cnn(C)c1. The third kappa shape index (κ3) is 1.77. The van der Waals surface area contributed by atoms with E-state index in [2.05, 4.69) is 5.10 Å². The van der Waals surface area contributed by atoms with E-state index >= 15 is 0 Å². The van der Waals surface area contributed by atoms with Gasteiger partial charge in [-0.05, 0) is 13.8 Å². The first-order valence-corrected chi connectivity index (χ1v) is 4.37. The standard InChI is InChI=1S/C9H14N2O3/c1-4-14-9(2,8(12)13)7-5-10-11(3)6-7/h5-6H,4H2,1-3H3,(H,12,13). The van der Waals surface area contributed by atoms with Crippen LogP contribution in [0.25, 0.3) is 0 Å². The molecule has 0 radical (unpaired) electrons. The molecular weight excluding hydrogens is 184 g/mol. The number of carboxylic acids is 1. The van der Waals surface area contributed by atoms with E-state index in [4.69, 9.17) is 9.84 Å². The van der Waals surface area contributed by atoms with Gasteiger partial charge >= 0.3 is 5.97 Å². The summed E-state index contributed by atoms with van der Waals surface area (Å²) in [6.45, 7) is 3.63. The van der Waals surface area contributed by atoms with Crippen LogP contribution in [-0.4, -0.2) is 27.5 Å². The molecule has 1 heterocycles. The lowest BCUT2D eigenvalue weighted by Gasteiger charge is -2.22. The van der Waals surface area contributed by atoms with Gasteiger partial charge in [0, 0.05) is 25.4 Å². The van der Waals surface area contributed by atoms with Crippen LogP contribution in [-0.2, 0) is 22.2 Å². The summed E-state index contributed by atoms with van der Waals surface area (Å²) < 4.78 is 6.79. The van der Waals surface area contributed by atoms with Crippen LogP contribution in [0.1, 0.15) is 19.4 Å². The Hall–Kier alpha value is -1.36. The molecule has 0 aliphatic heterocycles. The summed E-state index contributed by atoms with van der Waals surface area (Å²) in [5.41, 5.74) is -0.752. The van der Waals surface area contributed by atoms with Gasteiger partial charge in [-0.25, -0.2) is 4.79 Å². The molecule has 0 saturated heterocycles. The molecule has 78 valence electrons. The number of aliphatic carboxylic acids is 1. The third-order valence-corrected chi connectivity index (χ3v) is 2.10. The first-order valence-electron chi connectivity index (χ1n) is 4.37. The second kappa shape index (κ2) is 3.79. The smallest absolute Gasteiger partial charge is 0.340 e. The molecule has 5 heteroatoms. The highest BCUT2D eigenvalue weighted by atomic mass is 16.5. The topological polar surface area (TPSA) is 64.3 Å². The number of hydrogen-bond donors (Lipinski definition) is 1. The highest BCUT2D eigenvalue weighted by Gasteiger charge is 2.37. The fourth-order valence-corrected chi connectivity index (χ4v) is 1.22. The first-order chi connectivity index (χ1) is 6.50. The zero-order valence-corrected chi connectivity index (χ0v) is 8.52. The number of hydrogen-bond acceptors (Lipinski definition) is 3. The maximum Gasteiger partial charge on any atom is 0.340 e. The van der Waals surface area contributed by atoms with Crippen molar-refractivity contribution in [2.45, 2.75) is 19.4 Å². The van der Waals surface area contributed by atoms with Gasteiger partial charge in [0.25, 0.3) is 0 Å². The molecule has 0 amide bonds. The van der Waals surface area contributed by atoms with Crippen LogP contribution in [0.3, 0.4) is 0 Å². The fraction of sp³-hybridized carbons (Fsp3) is 0.556. The summed E-state index contributed by atoms with van der Waals surface area (Å²) in [5.74, 6) is -1.01. The van der Waals surface area contributed by atoms with Crippen molar-refractivity contribution in [1.82, 2.24) is 9.78 Å². The quantitative estimate of drug-likeness (QED) is 0.775. The molecule has 1 N–H and O–H groups in total. The molecule has 1 atom stereocenters. The molecule has 1 rings (SSSR count). The Morgan fingerprint density at radius 3 is 2.79 bits per heavy atom. The van der Waals surface area contributed by atoms with Crippen molar-refractivity contribution < 1.29 is 14.6 Å². The van der Waals surface area contributed by atoms with Crippen molar-refractivity contribution in [3.63, 3.8) is 0 Å².